The number of urea groups is 1. The normalized spacial score (nSPS) is 14.8. The summed E-state index contributed by atoms with van der Waals surface area (Å²) in [5.74, 6) is 0.849. The van der Waals surface area contributed by atoms with Crippen LogP contribution in [0.5, 0.6) is 5.75 Å². The minimum Gasteiger partial charge on any atom is -0.490 e. The van der Waals surface area contributed by atoms with Crippen LogP contribution in [0.3, 0.4) is 0 Å². The van der Waals surface area contributed by atoms with Gasteiger partial charge in [-0.15, -0.1) is 0 Å². The van der Waals surface area contributed by atoms with Crippen molar-refractivity contribution in [2.24, 2.45) is 0 Å². The van der Waals surface area contributed by atoms with Crippen molar-refractivity contribution in [1.82, 2.24) is 4.90 Å². The number of para-hydroxylation sites is 1. The molecule has 1 heterocycles. The van der Waals surface area contributed by atoms with E-state index in [-0.39, 0.29) is 17.9 Å². The van der Waals surface area contributed by atoms with Crippen LogP contribution in [0.1, 0.15) is 30.1 Å². The molecule has 25 heavy (non-hydrogen) atoms. The van der Waals surface area contributed by atoms with Gasteiger partial charge in [0.2, 0.25) is 0 Å². The maximum atomic E-state index is 12.4. The monoisotopic (exact) mass is 338 g/mol. The average Bonchev–Trinajstić information content (AvgIpc) is 2.63. The van der Waals surface area contributed by atoms with Gasteiger partial charge in [0, 0.05) is 37.2 Å². The van der Waals surface area contributed by atoms with Crippen molar-refractivity contribution in [3.05, 3.63) is 60.2 Å². The number of piperidine rings is 1. The fourth-order valence-electron chi connectivity index (χ4n) is 2.89. The van der Waals surface area contributed by atoms with Gasteiger partial charge in [-0.25, -0.2) is 4.79 Å². The summed E-state index contributed by atoms with van der Waals surface area (Å²) in [7, 11) is 0. The highest BCUT2D eigenvalue weighted by Crippen LogP contribution is 2.19. The summed E-state index contributed by atoms with van der Waals surface area (Å²) in [6.07, 6.45) is 1.73. The molecule has 5 heteroatoms. The molecule has 0 saturated carbocycles. The molecule has 0 unspecified atom stereocenters. The van der Waals surface area contributed by atoms with Crippen LogP contribution in [0, 0.1) is 0 Å². The number of nitrogens with one attached hydrogen (secondary N) is 1. The van der Waals surface area contributed by atoms with Crippen LogP contribution in [0.25, 0.3) is 0 Å². The van der Waals surface area contributed by atoms with Gasteiger partial charge in [0.15, 0.2) is 5.78 Å². The summed E-state index contributed by atoms with van der Waals surface area (Å²) in [4.78, 5) is 25.6. The highest BCUT2D eigenvalue weighted by atomic mass is 16.5. The number of ketones is 1. The van der Waals surface area contributed by atoms with Crippen LogP contribution >= 0.6 is 0 Å². The molecule has 1 aliphatic rings. The van der Waals surface area contributed by atoms with Crippen molar-refractivity contribution in [1.29, 1.82) is 0 Å². The molecule has 2 aromatic carbocycles. The number of hydrogen-bond donors (Lipinski definition) is 1. The number of carbonyl (C=O) groups excluding carboxylic acids is 2. The number of benzene rings is 2. The summed E-state index contributed by atoms with van der Waals surface area (Å²) < 4.78 is 5.95. The quantitative estimate of drug-likeness (QED) is 0.858. The number of rotatable bonds is 4. The molecule has 5 nitrogen and oxygen atoms in total. The number of likely N-dealkylation sites (tertiary alicyclic amines) is 1. The van der Waals surface area contributed by atoms with E-state index in [1.807, 2.05) is 30.3 Å². The molecule has 1 N–H and O–H groups in total. The lowest BCUT2D eigenvalue weighted by Crippen LogP contribution is -2.43. The topological polar surface area (TPSA) is 58.6 Å². The van der Waals surface area contributed by atoms with Gasteiger partial charge in [-0.2, -0.15) is 0 Å². The van der Waals surface area contributed by atoms with E-state index in [0.717, 1.165) is 18.6 Å². The predicted octanol–water partition coefficient (Wildman–Crippen LogP) is 3.96. The molecule has 3 rings (SSSR count). The molecular weight excluding hydrogens is 316 g/mol. The standard InChI is InChI=1S/C20H22N2O3/c1-15(23)16-6-5-7-17(14-16)21-20(24)22-12-10-19(11-13-22)25-18-8-3-2-4-9-18/h2-9,14,19H,10-13H2,1H3,(H,21,24). The van der Waals surface area contributed by atoms with Crippen LogP contribution in [0.15, 0.2) is 54.6 Å². The summed E-state index contributed by atoms with van der Waals surface area (Å²) in [5.41, 5.74) is 1.23. The minimum atomic E-state index is -0.140. The Labute approximate surface area is 147 Å². The Morgan fingerprint density at radius 1 is 1.04 bits per heavy atom. The molecule has 0 radical (unpaired) electrons. The van der Waals surface area contributed by atoms with Crippen molar-refractivity contribution in [3.8, 4) is 5.75 Å². The van der Waals surface area contributed by atoms with Gasteiger partial charge in [0.25, 0.3) is 0 Å². The zero-order valence-corrected chi connectivity index (χ0v) is 14.3. The van der Waals surface area contributed by atoms with Crippen LogP contribution in [-0.2, 0) is 0 Å². The van der Waals surface area contributed by atoms with Crippen LogP contribution in [0.2, 0.25) is 0 Å². The smallest absolute Gasteiger partial charge is 0.321 e. The molecule has 1 saturated heterocycles. The first-order chi connectivity index (χ1) is 12.1. The molecule has 130 valence electrons. The molecule has 0 spiro atoms. The SMILES string of the molecule is CC(=O)c1cccc(NC(=O)N2CCC(Oc3ccccc3)CC2)c1. The van der Waals surface area contributed by atoms with Gasteiger partial charge in [-0.1, -0.05) is 30.3 Å². The fourth-order valence-corrected chi connectivity index (χ4v) is 2.89. The number of nitrogens with zero attached hydrogens (tertiary/aromatic N) is 1. The van der Waals surface area contributed by atoms with Crippen molar-refractivity contribution in [3.63, 3.8) is 0 Å². The summed E-state index contributed by atoms with van der Waals surface area (Å²) in [6.45, 7) is 2.81. The lowest BCUT2D eigenvalue weighted by Gasteiger charge is -2.32. The Bertz CT molecular complexity index is 738. The van der Waals surface area contributed by atoms with Crippen molar-refractivity contribution in [2.45, 2.75) is 25.9 Å². The Morgan fingerprint density at radius 3 is 2.44 bits per heavy atom. The zero-order chi connectivity index (χ0) is 17.6. The molecular formula is C20H22N2O3. The molecule has 2 amide bonds. The molecule has 1 aliphatic heterocycles. The number of hydrogen-bond acceptors (Lipinski definition) is 3. The molecule has 0 aliphatic carbocycles. The van der Waals surface area contributed by atoms with Crippen LogP contribution < -0.4 is 10.1 Å². The van der Waals surface area contributed by atoms with Gasteiger partial charge in [-0.3, -0.25) is 4.79 Å². The fraction of sp³-hybridized carbons (Fsp3) is 0.300. The van der Waals surface area contributed by atoms with Crippen molar-refractivity contribution in [2.75, 3.05) is 18.4 Å². The van der Waals surface area contributed by atoms with Gasteiger partial charge >= 0.3 is 6.03 Å². The van der Waals surface area contributed by atoms with Crippen molar-refractivity contribution < 1.29 is 14.3 Å². The minimum absolute atomic E-state index is 0.0185. The maximum absolute atomic E-state index is 12.4. The second-order valence-corrected chi connectivity index (χ2v) is 6.18. The number of amides is 2. The highest BCUT2D eigenvalue weighted by molar-refractivity contribution is 5.96. The van der Waals surface area contributed by atoms with E-state index in [1.54, 1.807) is 29.2 Å². The van der Waals surface area contributed by atoms with E-state index in [0.29, 0.717) is 24.3 Å². The molecule has 1 fully saturated rings. The number of anilines is 1. The lowest BCUT2D eigenvalue weighted by molar-refractivity contribution is 0.101. The largest absolute Gasteiger partial charge is 0.490 e. The van der Waals surface area contributed by atoms with Crippen LogP contribution in [-0.4, -0.2) is 35.9 Å². The Hall–Kier alpha value is -2.82. The number of ether oxygens (including phenoxy) is 1. The molecule has 0 aromatic heterocycles. The summed E-state index contributed by atoms with van der Waals surface area (Å²) >= 11 is 0. The van der Waals surface area contributed by atoms with Crippen LogP contribution in [0.4, 0.5) is 10.5 Å². The second kappa shape index (κ2) is 7.83. The third kappa shape index (κ3) is 4.59. The molecule has 2 aromatic rings. The molecule has 0 bridgehead atoms. The van der Waals surface area contributed by atoms with E-state index in [1.165, 1.54) is 6.92 Å². The van der Waals surface area contributed by atoms with E-state index in [2.05, 4.69) is 5.32 Å². The zero-order valence-electron chi connectivity index (χ0n) is 14.3. The third-order valence-corrected chi connectivity index (χ3v) is 4.30. The predicted molar refractivity (Wildman–Crippen MR) is 97.1 cm³/mol. The first-order valence-corrected chi connectivity index (χ1v) is 8.50. The number of carbonyl (C=O) groups is 2. The van der Waals surface area contributed by atoms with E-state index in [9.17, 15) is 9.59 Å². The van der Waals surface area contributed by atoms with Gasteiger partial charge < -0.3 is 15.0 Å². The van der Waals surface area contributed by atoms with Gasteiger partial charge in [0.1, 0.15) is 11.9 Å². The summed E-state index contributed by atoms with van der Waals surface area (Å²) in [6, 6.07) is 16.6. The van der Waals surface area contributed by atoms with Gasteiger partial charge in [0.05, 0.1) is 0 Å². The highest BCUT2D eigenvalue weighted by Gasteiger charge is 2.24. The Kier molecular flexibility index (Phi) is 5.33. The maximum Gasteiger partial charge on any atom is 0.321 e. The van der Waals surface area contributed by atoms with E-state index < -0.39 is 0 Å². The summed E-state index contributed by atoms with van der Waals surface area (Å²) in [5, 5.41) is 2.87. The Balaban J connectivity index is 1.51. The average molecular weight is 338 g/mol. The second-order valence-electron chi connectivity index (χ2n) is 6.18. The van der Waals surface area contributed by atoms with E-state index >= 15 is 0 Å². The van der Waals surface area contributed by atoms with Gasteiger partial charge in [-0.05, 0) is 31.2 Å². The van der Waals surface area contributed by atoms with Crippen molar-refractivity contribution >= 4 is 17.5 Å². The third-order valence-electron chi connectivity index (χ3n) is 4.30. The lowest BCUT2D eigenvalue weighted by atomic mass is 10.1. The molecule has 0 atom stereocenters. The van der Waals surface area contributed by atoms with E-state index in [4.69, 9.17) is 4.74 Å². The number of Topliss-reactive ketones (excluding diaryl/α,β-unsaturated/α-hetero) is 1. The first-order valence-electron chi connectivity index (χ1n) is 8.50. The first kappa shape index (κ1) is 17.0. The Morgan fingerprint density at radius 2 is 1.76 bits per heavy atom.